The smallest absolute Gasteiger partial charge is 0.254 e. The zero-order valence-corrected chi connectivity index (χ0v) is 20.5. The first kappa shape index (κ1) is 23.4. The standard InChI is InChI=1S/C24H32N2O4S2/c1-18-10-11-22(32(28,29)26-12-4-3-7-19(26)2)15-23(18)24(27)25(16-20-8-5-13-30-20)17-21-9-6-14-31-21/h6,9-11,14-15,19-20H,3-5,7-8,12-13,16-17H2,1-2H3. The molecule has 2 fully saturated rings. The molecule has 2 saturated heterocycles. The summed E-state index contributed by atoms with van der Waals surface area (Å²) >= 11 is 1.62. The van der Waals surface area contributed by atoms with E-state index in [2.05, 4.69) is 0 Å². The number of piperidine rings is 1. The number of sulfonamides is 1. The van der Waals surface area contributed by atoms with Crippen molar-refractivity contribution < 1.29 is 17.9 Å². The molecule has 3 heterocycles. The first-order valence-corrected chi connectivity index (χ1v) is 13.7. The second-order valence-electron chi connectivity index (χ2n) is 8.84. The van der Waals surface area contributed by atoms with Crippen molar-refractivity contribution in [2.24, 2.45) is 0 Å². The highest BCUT2D eigenvalue weighted by atomic mass is 32.2. The first-order chi connectivity index (χ1) is 15.4. The molecule has 1 aromatic heterocycles. The molecule has 0 aliphatic carbocycles. The molecule has 6 nitrogen and oxygen atoms in total. The Hall–Kier alpha value is -1.74. The summed E-state index contributed by atoms with van der Waals surface area (Å²) in [5.41, 5.74) is 1.23. The van der Waals surface area contributed by atoms with E-state index >= 15 is 0 Å². The van der Waals surface area contributed by atoms with E-state index in [1.165, 1.54) is 0 Å². The van der Waals surface area contributed by atoms with Gasteiger partial charge in [-0.3, -0.25) is 4.79 Å². The summed E-state index contributed by atoms with van der Waals surface area (Å²) in [6.07, 6.45) is 4.76. The van der Waals surface area contributed by atoms with Crippen molar-refractivity contribution in [1.29, 1.82) is 0 Å². The fourth-order valence-corrected chi connectivity index (χ4v) is 7.02. The number of hydrogen-bond donors (Lipinski definition) is 0. The molecule has 1 amide bonds. The van der Waals surface area contributed by atoms with Crippen LogP contribution in [0.4, 0.5) is 0 Å². The number of nitrogens with zero attached hydrogens (tertiary/aromatic N) is 2. The lowest BCUT2D eigenvalue weighted by Gasteiger charge is -2.32. The van der Waals surface area contributed by atoms with Gasteiger partial charge in [0.05, 0.1) is 17.5 Å². The first-order valence-electron chi connectivity index (χ1n) is 11.4. The number of ether oxygens (including phenoxy) is 1. The molecule has 0 bridgehead atoms. The molecule has 8 heteroatoms. The van der Waals surface area contributed by atoms with Crippen LogP contribution < -0.4 is 0 Å². The number of thiophene rings is 1. The number of benzene rings is 1. The lowest BCUT2D eigenvalue weighted by atomic mass is 10.1. The van der Waals surface area contributed by atoms with Crippen LogP contribution in [0.1, 0.15) is 59.8 Å². The molecule has 0 spiro atoms. The zero-order chi connectivity index (χ0) is 22.7. The minimum Gasteiger partial charge on any atom is -0.376 e. The molecule has 1 aromatic carbocycles. The van der Waals surface area contributed by atoms with Gasteiger partial charge in [0.1, 0.15) is 0 Å². The predicted molar refractivity (Wildman–Crippen MR) is 126 cm³/mol. The van der Waals surface area contributed by atoms with Gasteiger partial charge >= 0.3 is 0 Å². The van der Waals surface area contributed by atoms with Crippen molar-refractivity contribution in [3.8, 4) is 0 Å². The highest BCUT2D eigenvalue weighted by molar-refractivity contribution is 7.89. The maximum atomic E-state index is 13.7. The zero-order valence-electron chi connectivity index (χ0n) is 18.8. The Kier molecular flexibility index (Phi) is 7.34. The fourth-order valence-electron chi connectivity index (χ4n) is 4.57. The summed E-state index contributed by atoms with van der Waals surface area (Å²) in [5.74, 6) is -0.143. The van der Waals surface area contributed by atoms with Crippen molar-refractivity contribution >= 4 is 27.3 Å². The van der Waals surface area contributed by atoms with Crippen LogP contribution in [0, 0.1) is 6.92 Å². The number of carbonyl (C=O) groups excluding carboxylic acids is 1. The van der Waals surface area contributed by atoms with Crippen LogP contribution in [0.15, 0.2) is 40.6 Å². The Balaban J connectivity index is 1.63. The van der Waals surface area contributed by atoms with Crippen LogP contribution in [-0.2, 0) is 21.3 Å². The van der Waals surface area contributed by atoms with Crippen molar-refractivity contribution in [2.45, 2.75) is 69.5 Å². The lowest BCUT2D eigenvalue weighted by Crippen LogP contribution is -2.42. The third-order valence-electron chi connectivity index (χ3n) is 6.45. The van der Waals surface area contributed by atoms with Gasteiger partial charge in [-0.2, -0.15) is 4.31 Å². The number of carbonyl (C=O) groups is 1. The molecule has 2 aromatic rings. The molecule has 2 aliphatic heterocycles. The molecule has 0 N–H and O–H groups in total. The van der Waals surface area contributed by atoms with E-state index < -0.39 is 10.0 Å². The Morgan fingerprint density at radius 2 is 2.06 bits per heavy atom. The van der Waals surface area contributed by atoms with Gasteiger partial charge in [0, 0.05) is 36.2 Å². The van der Waals surface area contributed by atoms with Crippen molar-refractivity contribution in [3.63, 3.8) is 0 Å². The van der Waals surface area contributed by atoms with Gasteiger partial charge in [-0.05, 0) is 68.7 Å². The van der Waals surface area contributed by atoms with Crippen molar-refractivity contribution in [1.82, 2.24) is 9.21 Å². The normalized spacial score (nSPS) is 22.2. The largest absolute Gasteiger partial charge is 0.376 e. The Morgan fingerprint density at radius 1 is 1.22 bits per heavy atom. The van der Waals surface area contributed by atoms with Gasteiger partial charge in [0.15, 0.2) is 0 Å². The highest BCUT2D eigenvalue weighted by Crippen LogP contribution is 2.27. The molecule has 0 saturated carbocycles. The predicted octanol–water partition coefficient (Wildman–Crippen LogP) is 4.44. The molecule has 4 rings (SSSR count). The summed E-state index contributed by atoms with van der Waals surface area (Å²) in [5, 5.41) is 2.00. The van der Waals surface area contributed by atoms with E-state index in [9.17, 15) is 13.2 Å². The fraction of sp³-hybridized carbons (Fsp3) is 0.542. The SMILES string of the molecule is Cc1ccc(S(=O)(=O)N2CCCCC2C)cc1C(=O)N(Cc1cccs1)CC1CCCO1. The number of aryl methyl sites for hydroxylation is 1. The maximum Gasteiger partial charge on any atom is 0.254 e. The Morgan fingerprint density at radius 3 is 2.75 bits per heavy atom. The quantitative estimate of drug-likeness (QED) is 0.593. The Bertz CT molecular complexity index is 1030. The topological polar surface area (TPSA) is 66.9 Å². The molecule has 32 heavy (non-hydrogen) atoms. The molecular formula is C24H32N2O4S2. The maximum absolute atomic E-state index is 13.7. The van der Waals surface area contributed by atoms with Gasteiger partial charge in [-0.1, -0.05) is 18.6 Å². The van der Waals surface area contributed by atoms with E-state index in [1.807, 2.05) is 36.3 Å². The van der Waals surface area contributed by atoms with Crippen LogP contribution >= 0.6 is 11.3 Å². The van der Waals surface area contributed by atoms with Gasteiger partial charge in [-0.15, -0.1) is 11.3 Å². The second kappa shape index (κ2) is 10.0. The van der Waals surface area contributed by atoms with Crippen LogP contribution in [-0.4, -0.2) is 55.4 Å². The van der Waals surface area contributed by atoms with Gasteiger partial charge in [0.2, 0.25) is 10.0 Å². The van der Waals surface area contributed by atoms with Gasteiger partial charge in [-0.25, -0.2) is 8.42 Å². The van der Waals surface area contributed by atoms with Crippen LogP contribution in [0.5, 0.6) is 0 Å². The molecule has 174 valence electrons. The summed E-state index contributed by atoms with van der Waals surface area (Å²) in [6.45, 7) is 6.09. The number of amides is 1. The van der Waals surface area contributed by atoms with E-state index in [1.54, 1.807) is 33.8 Å². The average Bonchev–Trinajstić information content (AvgIpc) is 3.47. The Labute approximate surface area is 195 Å². The minimum atomic E-state index is -3.64. The van der Waals surface area contributed by atoms with E-state index in [-0.39, 0.29) is 22.9 Å². The van der Waals surface area contributed by atoms with Crippen LogP contribution in [0.3, 0.4) is 0 Å². The third kappa shape index (κ3) is 5.09. The number of hydrogen-bond acceptors (Lipinski definition) is 5. The third-order valence-corrected chi connectivity index (χ3v) is 9.32. The van der Waals surface area contributed by atoms with Crippen LogP contribution in [0.2, 0.25) is 0 Å². The van der Waals surface area contributed by atoms with E-state index in [0.29, 0.717) is 25.2 Å². The monoisotopic (exact) mass is 476 g/mol. The van der Waals surface area contributed by atoms with Gasteiger partial charge in [0.25, 0.3) is 5.91 Å². The van der Waals surface area contributed by atoms with Gasteiger partial charge < -0.3 is 9.64 Å². The summed E-state index contributed by atoms with van der Waals surface area (Å²) in [7, 11) is -3.64. The molecule has 0 radical (unpaired) electrons. The number of rotatable bonds is 7. The molecule has 2 unspecified atom stereocenters. The van der Waals surface area contributed by atoms with Crippen LogP contribution in [0.25, 0.3) is 0 Å². The molecular weight excluding hydrogens is 444 g/mol. The van der Waals surface area contributed by atoms with E-state index in [4.69, 9.17) is 4.74 Å². The average molecular weight is 477 g/mol. The molecule has 2 atom stereocenters. The minimum absolute atomic E-state index is 0.0240. The highest BCUT2D eigenvalue weighted by Gasteiger charge is 2.32. The molecule has 2 aliphatic rings. The van der Waals surface area contributed by atoms with E-state index in [0.717, 1.165) is 49.2 Å². The lowest BCUT2D eigenvalue weighted by molar-refractivity contribution is 0.0509. The second-order valence-corrected chi connectivity index (χ2v) is 11.8. The van der Waals surface area contributed by atoms with Crippen molar-refractivity contribution in [2.75, 3.05) is 19.7 Å². The summed E-state index contributed by atoms with van der Waals surface area (Å²) in [4.78, 5) is 16.8. The summed E-state index contributed by atoms with van der Waals surface area (Å²) in [6, 6.07) is 8.94. The van der Waals surface area contributed by atoms with Crippen molar-refractivity contribution in [3.05, 3.63) is 51.7 Å². The summed E-state index contributed by atoms with van der Waals surface area (Å²) < 4.78 is 34.1.